The van der Waals surface area contributed by atoms with Gasteiger partial charge in [-0.1, -0.05) is 133 Å². The molecular formula is C62H83N9O8. The minimum atomic E-state index is -0.988. The Labute approximate surface area is 466 Å². The quantitative estimate of drug-likeness (QED) is 0.0692. The lowest BCUT2D eigenvalue weighted by molar-refractivity contribution is -0.153. The number of likely N-dealkylation sites (tertiary alicyclic amines) is 1. The number of likely N-dealkylation sites (N-methyl/N-ethyl adjacent to an activating group) is 2. The molecule has 4 aromatic rings. The normalized spacial score (nSPS) is 20.0. The number of nitrogens with one attached hydrogen (secondary N) is 6. The third-order valence-electron chi connectivity index (χ3n) is 15.9. The number of hydrogen-bond donors (Lipinski definition) is 6. The number of amides is 7. The highest BCUT2D eigenvalue weighted by atomic mass is 16.5. The van der Waals surface area contributed by atoms with Crippen molar-refractivity contribution in [3.05, 3.63) is 142 Å². The van der Waals surface area contributed by atoms with Crippen LogP contribution in [-0.2, 0) is 59.4 Å². The van der Waals surface area contributed by atoms with Gasteiger partial charge in [-0.15, -0.1) is 0 Å². The first-order valence-corrected chi connectivity index (χ1v) is 27.8. The summed E-state index contributed by atoms with van der Waals surface area (Å²) in [5.41, 5.74) is 4.31. The summed E-state index contributed by atoms with van der Waals surface area (Å²) in [7, 11) is 4.91. The molecule has 7 amide bonds. The Morgan fingerprint density at radius 2 is 1.27 bits per heavy atom. The molecule has 0 saturated carbocycles. The zero-order chi connectivity index (χ0) is 57.3. The molecule has 17 heteroatoms. The summed E-state index contributed by atoms with van der Waals surface area (Å²) in [5.74, 6) is -2.63. The summed E-state index contributed by atoms with van der Waals surface area (Å²) in [6.45, 7) is 15.0. The minimum absolute atomic E-state index is 0.0136. The fourth-order valence-electron chi connectivity index (χ4n) is 11.0. The zero-order valence-electron chi connectivity index (χ0n) is 48.0. The monoisotopic (exact) mass is 1080 g/mol. The average molecular weight is 1080 g/mol. The van der Waals surface area contributed by atoms with Crippen LogP contribution < -0.4 is 31.9 Å². The zero-order valence-corrected chi connectivity index (χ0v) is 48.0. The first-order valence-electron chi connectivity index (χ1n) is 27.8. The van der Waals surface area contributed by atoms with Crippen molar-refractivity contribution in [1.82, 2.24) is 46.6 Å². The van der Waals surface area contributed by atoms with Crippen LogP contribution in [-0.4, -0.2) is 133 Å². The van der Waals surface area contributed by atoms with Crippen LogP contribution in [0, 0.1) is 10.8 Å². The Balaban J connectivity index is 1.19. The van der Waals surface area contributed by atoms with Gasteiger partial charge in [-0.25, -0.2) is 0 Å². The number of methoxy groups -OCH3 is 1. The molecule has 7 rings (SSSR count). The van der Waals surface area contributed by atoms with Crippen LogP contribution >= 0.6 is 0 Å². The van der Waals surface area contributed by atoms with Crippen molar-refractivity contribution in [3.8, 4) is 0 Å². The number of nitrogens with zero attached hydrogens (tertiary/aromatic N) is 3. The van der Waals surface area contributed by atoms with E-state index in [-0.39, 0.29) is 74.7 Å². The summed E-state index contributed by atoms with van der Waals surface area (Å²) in [6.07, 6.45) is 2.88. The van der Waals surface area contributed by atoms with Crippen LogP contribution in [0.4, 0.5) is 0 Å². The lowest BCUT2D eigenvalue weighted by Crippen LogP contribution is -2.62. The third kappa shape index (κ3) is 14.3. The molecule has 0 bridgehead atoms. The van der Waals surface area contributed by atoms with Gasteiger partial charge in [-0.3, -0.25) is 33.6 Å². The second-order valence-electron chi connectivity index (χ2n) is 23.7. The first-order chi connectivity index (χ1) is 37.5. The van der Waals surface area contributed by atoms with E-state index in [1.165, 1.54) is 10.5 Å². The van der Waals surface area contributed by atoms with E-state index < -0.39 is 71.0 Å². The van der Waals surface area contributed by atoms with Crippen molar-refractivity contribution in [2.75, 3.05) is 34.4 Å². The van der Waals surface area contributed by atoms with Crippen molar-refractivity contribution < 1.29 is 38.3 Å². The second-order valence-corrected chi connectivity index (χ2v) is 23.7. The van der Waals surface area contributed by atoms with Crippen LogP contribution in [0.3, 0.4) is 0 Å². The van der Waals surface area contributed by atoms with Crippen LogP contribution in [0.1, 0.15) is 130 Å². The van der Waals surface area contributed by atoms with Crippen LogP contribution in [0.2, 0.25) is 0 Å². The lowest BCUT2D eigenvalue weighted by Gasteiger charge is -2.44. The molecule has 79 heavy (non-hydrogen) atoms. The smallest absolute Gasteiger partial charge is 0.251 e. The fraction of sp³-hybridized carbons (Fsp3) is 0.500. The van der Waals surface area contributed by atoms with E-state index in [9.17, 15) is 24.0 Å². The molecule has 424 valence electrons. The summed E-state index contributed by atoms with van der Waals surface area (Å²) in [6, 6.07) is 25.8. The number of rotatable bonds is 19. The van der Waals surface area contributed by atoms with E-state index in [2.05, 4.69) is 38.0 Å². The molecule has 17 nitrogen and oxygen atoms in total. The van der Waals surface area contributed by atoms with E-state index in [0.29, 0.717) is 11.1 Å². The number of carbonyl (C=O) groups excluding carboxylic acids is 7. The molecule has 1 saturated heterocycles. The largest absolute Gasteiger partial charge is 0.382 e. The Kier molecular flexibility index (Phi) is 19.6. The van der Waals surface area contributed by atoms with Gasteiger partial charge in [0.15, 0.2) is 0 Å². The van der Waals surface area contributed by atoms with Gasteiger partial charge >= 0.3 is 0 Å². The average Bonchev–Trinajstić information content (AvgIpc) is 3.98. The molecule has 9 atom stereocenters. The van der Waals surface area contributed by atoms with E-state index in [1.807, 2.05) is 120 Å². The summed E-state index contributed by atoms with van der Waals surface area (Å²) in [5, 5.41) is 18.2. The maximum atomic E-state index is 15.8. The van der Waals surface area contributed by atoms with Gasteiger partial charge in [0, 0.05) is 44.8 Å². The molecular weight excluding hydrogens is 999 g/mol. The van der Waals surface area contributed by atoms with Gasteiger partial charge in [0.1, 0.15) is 24.2 Å². The van der Waals surface area contributed by atoms with Crippen LogP contribution in [0.15, 0.2) is 103 Å². The molecule has 0 radical (unpaired) electrons. The van der Waals surface area contributed by atoms with Crippen molar-refractivity contribution >= 4 is 41.4 Å². The molecule has 1 fully saturated rings. The van der Waals surface area contributed by atoms with E-state index >= 15 is 9.59 Å². The SMILES string of the molecule is CNC(C)C(=O)NC(C(=O)N1CC(NC(=O)c2cccc(CN(C(=O)C3Cc4ccccc4CN3C(=O)C(NC(=O)C(C)NC)C(C)(C)C)C(COC)c3ccccc3)c2)CC1C(=O)NC1CCCc2ccccc21)C(C)(C)C. The van der Waals surface area contributed by atoms with Crippen molar-refractivity contribution in [2.24, 2.45) is 10.8 Å². The fourth-order valence-corrected chi connectivity index (χ4v) is 11.0. The molecule has 4 aromatic carbocycles. The van der Waals surface area contributed by atoms with E-state index in [1.54, 1.807) is 63.1 Å². The highest BCUT2D eigenvalue weighted by Gasteiger charge is 2.47. The van der Waals surface area contributed by atoms with E-state index in [4.69, 9.17) is 4.74 Å². The van der Waals surface area contributed by atoms with Gasteiger partial charge in [0.2, 0.25) is 35.4 Å². The van der Waals surface area contributed by atoms with Crippen LogP contribution in [0.5, 0.6) is 0 Å². The molecule has 6 N–H and O–H groups in total. The van der Waals surface area contributed by atoms with Crippen LogP contribution in [0.25, 0.3) is 0 Å². The minimum Gasteiger partial charge on any atom is -0.382 e. The number of carbonyl (C=O) groups is 7. The molecule has 2 heterocycles. The summed E-state index contributed by atoms with van der Waals surface area (Å²) >= 11 is 0. The Hall–Kier alpha value is -6.95. The van der Waals surface area contributed by atoms with E-state index in [0.717, 1.165) is 41.5 Å². The molecule has 0 aromatic heterocycles. The standard InChI is InChI=1S/C62H83N9O8/c1-38(63-9)54(72)67-52(61(3,4)5)59(77)70-35-45-26-16-15-25-43(45)32-50(70)58(76)69(51(37-79-11)42-23-13-12-14-24-42)34-40-21-19-28-44(31-40)56(74)65-46-33-49(57(75)66-48-30-20-27-41-22-17-18-29-47(41)48)71(36-46)60(78)53(62(6,7)8)68-55(73)39(2)64-10/h12-19,21-26,28-29,31,38-39,46,48-53,63-64H,20,27,30,32-37H2,1-11H3,(H,65,74)(H,66,75)(H,67,72)(H,68,73). The molecule has 3 aliphatic rings. The lowest BCUT2D eigenvalue weighted by atomic mass is 9.84. The Morgan fingerprint density at radius 3 is 1.87 bits per heavy atom. The predicted molar refractivity (Wildman–Crippen MR) is 304 cm³/mol. The molecule has 9 unspecified atom stereocenters. The summed E-state index contributed by atoms with van der Waals surface area (Å²) in [4.78, 5) is 107. The van der Waals surface area contributed by atoms with Gasteiger partial charge in [-0.2, -0.15) is 0 Å². The van der Waals surface area contributed by atoms with Gasteiger partial charge in [0.25, 0.3) is 5.91 Å². The van der Waals surface area contributed by atoms with Crippen molar-refractivity contribution in [2.45, 2.75) is 155 Å². The second kappa shape index (κ2) is 25.9. The molecule has 2 aliphatic heterocycles. The predicted octanol–water partition coefficient (Wildman–Crippen LogP) is 5.53. The number of benzene rings is 4. The maximum Gasteiger partial charge on any atom is 0.251 e. The Bertz CT molecular complexity index is 2830. The number of fused-ring (bicyclic) bond motifs is 2. The molecule has 0 spiro atoms. The molecule has 1 aliphatic carbocycles. The topological polar surface area (TPSA) is 211 Å². The number of aryl methyl sites for hydroxylation is 1. The number of hydrogen-bond acceptors (Lipinski definition) is 10. The Morgan fingerprint density at radius 1 is 0.684 bits per heavy atom. The summed E-state index contributed by atoms with van der Waals surface area (Å²) < 4.78 is 5.85. The van der Waals surface area contributed by atoms with Gasteiger partial charge < -0.3 is 51.3 Å². The highest BCUT2D eigenvalue weighted by molar-refractivity contribution is 5.97. The third-order valence-corrected chi connectivity index (χ3v) is 15.9. The van der Waals surface area contributed by atoms with Crippen molar-refractivity contribution in [3.63, 3.8) is 0 Å². The van der Waals surface area contributed by atoms with Gasteiger partial charge in [-0.05, 0) is 110 Å². The van der Waals surface area contributed by atoms with Gasteiger partial charge in [0.05, 0.1) is 30.8 Å². The highest BCUT2D eigenvalue weighted by Crippen LogP contribution is 2.34. The number of ether oxygens (including phenoxy) is 1. The van der Waals surface area contributed by atoms with Crippen molar-refractivity contribution in [1.29, 1.82) is 0 Å². The first kappa shape index (κ1) is 59.7. The maximum absolute atomic E-state index is 15.8.